The van der Waals surface area contributed by atoms with Crippen molar-refractivity contribution in [3.8, 4) is 0 Å². The van der Waals surface area contributed by atoms with Crippen molar-refractivity contribution >= 4 is 8.96 Å². The van der Waals surface area contributed by atoms with E-state index in [0.29, 0.717) is 0 Å². The molecule has 2 nitrogen and oxygen atoms in total. The highest BCUT2D eigenvalue weighted by atomic mass is 28.3. The molecule has 1 atom stereocenters. The number of hydrogen-bond acceptors (Lipinski definition) is 2. The molecule has 0 bridgehead atoms. The minimum Gasteiger partial charge on any atom is -0.320 e. The summed E-state index contributed by atoms with van der Waals surface area (Å²) in [6.45, 7) is 11.2. The number of likely N-dealkylation sites (N-methyl/N-ethyl adjacent to an activating group) is 1. The highest BCUT2D eigenvalue weighted by Crippen LogP contribution is 2.01. The van der Waals surface area contributed by atoms with E-state index in [2.05, 4.69) is 35.3 Å². The highest BCUT2D eigenvalue weighted by molar-refractivity contribution is 6.59. The van der Waals surface area contributed by atoms with Gasteiger partial charge in [0, 0.05) is 26.2 Å². The van der Waals surface area contributed by atoms with Crippen LogP contribution in [0.5, 0.6) is 0 Å². The van der Waals surface area contributed by atoms with Gasteiger partial charge in [-0.05, 0) is 7.05 Å². The average molecular weight is 170 g/mol. The van der Waals surface area contributed by atoms with Crippen LogP contribution >= 0.6 is 0 Å². The van der Waals surface area contributed by atoms with Crippen molar-refractivity contribution in [2.24, 2.45) is 0 Å². The van der Waals surface area contributed by atoms with Gasteiger partial charge in [-0.1, -0.05) is 12.2 Å². The van der Waals surface area contributed by atoms with Crippen molar-refractivity contribution in [3.63, 3.8) is 0 Å². The van der Waals surface area contributed by atoms with Crippen LogP contribution in [-0.2, 0) is 0 Å². The molecule has 1 aliphatic heterocycles. The summed E-state index contributed by atoms with van der Waals surface area (Å²) >= 11 is 0. The van der Waals surface area contributed by atoms with Crippen LogP contribution in [0.3, 0.4) is 0 Å². The lowest BCUT2D eigenvalue weighted by molar-refractivity contribution is 0.222. The van der Waals surface area contributed by atoms with Gasteiger partial charge >= 0.3 is 0 Å². The van der Waals surface area contributed by atoms with Gasteiger partial charge in [0.05, 0.1) is 0 Å². The summed E-state index contributed by atoms with van der Waals surface area (Å²) in [5, 5.41) is 0. The van der Waals surface area contributed by atoms with Crippen LogP contribution in [0.2, 0.25) is 6.55 Å². The van der Waals surface area contributed by atoms with E-state index in [1.54, 1.807) is 0 Å². The lowest BCUT2D eigenvalue weighted by Crippen LogP contribution is -2.49. The monoisotopic (exact) mass is 170 g/mol. The minimum absolute atomic E-state index is 0.719. The van der Waals surface area contributed by atoms with Crippen molar-refractivity contribution in [3.05, 3.63) is 12.3 Å². The molecule has 0 N–H and O–H groups in total. The molecule has 0 aromatic rings. The molecule has 1 unspecified atom stereocenters. The fourth-order valence-corrected chi connectivity index (χ4v) is 2.72. The molecule has 3 heteroatoms. The summed E-state index contributed by atoms with van der Waals surface area (Å²) in [6, 6.07) is 0. The molecule has 1 heterocycles. The van der Waals surface area contributed by atoms with Crippen LogP contribution in [0.15, 0.2) is 12.3 Å². The number of rotatable bonds is 2. The third-order valence-corrected chi connectivity index (χ3v) is 4.81. The third kappa shape index (κ3) is 2.43. The summed E-state index contributed by atoms with van der Waals surface area (Å²) in [6.07, 6.45) is 0. The second-order valence-electron chi connectivity index (χ2n) is 3.32. The zero-order valence-electron chi connectivity index (χ0n) is 7.58. The number of piperazine rings is 1. The normalized spacial score (nSPS) is 24.9. The summed E-state index contributed by atoms with van der Waals surface area (Å²) in [5.41, 5.74) is 2.16. The molecule has 1 fully saturated rings. The molecule has 0 aliphatic carbocycles. The molecule has 0 radical (unpaired) electrons. The first-order valence-corrected chi connectivity index (χ1v) is 6.63. The Kier molecular flexibility index (Phi) is 3.30. The topological polar surface area (TPSA) is 6.48 Å². The minimum atomic E-state index is -0.719. The zero-order chi connectivity index (χ0) is 8.27. The predicted molar refractivity (Wildman–Crippen MR) is 52.3 cm³/mol. The molecule has 11 heavy (non-hydrogen) atoms. The van der Waals surface area contributed by atoms with Gasteiger partial charge in [0.25, 0.3) is 0 Å². The molecule has 1 saturated heterocycles. The number of hydrogen-bond donors (Lipinski definition) is 0. The molecular weight excluding hydrogens is 152 g/mol. The number of nitrogens with zero attached hydrogens (tertiary/aromatic N) is 2. The van der Waals surface area contributed by atoms with E-state index in [0.717, 1.165) is 0 Å². The molecule has 0 saturated carbocycles. The first-order chi connectivity index (χ1) is 5.24. The van der Waals surface area contributed by atoms with Gasteiger partial charge in [-0.2, -0.15) is 0 Å². The summed E-state index contributed by atoms with van der Waals surface area (Å²) in [7, 11) is 1.47. The van der Waals surface area contributed by atoms with Crippen LogP contribution in [0, 0.1) is 0 Å². The Bertz CT molecular complexity index is 130. The Labute approximate surface area is 71.2 Å². The lowest BCUT2D eigenvalue weighted by Gasteiger charge is -2.34. The first kappa shape index (κ1) is 8.97. The van der Waals surface area contributed by atoms with Gasteiger partial charge in [-0.3, -0.25) is 0 Å². The van der Waals surface area contributed by atoms with Crippen LogP contribution in [-0.4, -0.2) is 51.7 Å². The van der Waals surface area contributed by atoms with E-state index in [4.69, 9.17) is 0 Å². The maximum Gasteiger partial charge on any atom is 0.132 e. The Morgan fingerprint density at radius 2 is 1.82 bits per heavy atom. The van der Waals surface area contributed by atoms with Crippen LogP contribution in [0.1, 0.15) is 0 Å². The van der Waals surface area contributed by atoms with E-state index >= 15 is 0 Å². The second kappa shape index (κ2) is 4.04. The standard InChI is InChI=1S/C8H18N2Si/c1-4-11(3)10-7-5-9(2)6-8-10/h4,11H,1,5-8H2,2-3H3. The predicted octanol–water partition coefficient (Wildman–Crippen LogP) is 0.313. The van der Waals surface area contributed by atoms with E-state index in [9.17, 15) is 0 Å². The largest absolute Gasteiger partial charge is 0.320 e. The van der Waals surface area contributed by atoms with Gasteiger partial charge in [-0.15, -0.1) is 6.58 Å². The SMILES string of the molecule is C=C[SiH](C)N1CCN(C)CC1. The Balaban J connectivity index is 2.32. The Morgan fingerprint density at radius 1 is 1.27 bits per heavy atom. The highest BCUT2D eigenvalue weighted by Gasteiger charge is 2.17. The second-order valence-corrected chi connectivity index (χ2v) is 6.00. The fourth-order valence-electron chi connectivity index (χ4n) is 1.38. The van der Waals surface area contributed by atoms with Crippen molar-refractivity contribution in [1.82, 2.24) is 9.47 Å². The van der Waals surface area contributed by atoms with Crippen molar-refractivity contribution in [1.29, 1.82) is 0 Å². The third-order valence-electron chi connectivity index (χ3n) is 2.45. The maximum atomic E-state index is 3.86. The van der Waals surface area contributed by atoms with Crippen molar-refractivity contribution in [2.75, 3.05) is 33.2 Å². The van der Waals surface area contributed by atoms with Gasteiger partial charge < -0.3 is 9.47 Å². The molecule has 64 valence electrons. The zero-order valence-corrected chi connectivity index (χ0v) is 8.74. The van der Waals surface area contributed by atoms with Gasteiger partial charge in [0.2, 0.25) is 0 Å². The maximum absolute atomic E-state index is 3.86. The van der Waals surface area contributed by atoms with E-state index in [-0.39, 0.29) is 0 Å². The van der Waals surface area contributed by atoms with Crippen LogP contribution in [0.4, 0.5) is 0 Å². The fraction of sp³-hybridized carbons (Fsp3) is 0.750. The Morgan fingerprint density at radius 3 is 2.27 bits per heavy atom. The van der Waals surface area contributed by atoms with E-state index in [1.165, 1.54) is 26.2 Å². The van der Waals surface area contributed by atoms with Gasteiger partial charge in [-0.25, -0.2) is 0 Å². The summed E-state index contributed by atoms with van der Waals surface area (Å²) in [4.78, 5) is 2.39. The van der Waals surface area contributed by atoms with Crippen molar-refractivity contribution in [2.45, 2.75) is 6.55 Å². The lowest BCUT2D eigenvalue weighted by atomic mass is 10.4. The van der Waals surface area contributed by atoms with E-state index < -0.39 is 8.96 Å². The molecule has 0 aromatic heterocycles. The first-order valence-electron chi connectivity index (χ1n) is 4.29. The molecule has 0 aromatic carbocycles. The van der Waals surface area contributed by atoms with Crippen LogP contribution in [0.25, 0.3) is 0 Å². The van der Waals surface area contributed by atoms with Gasteiger partial charge in [0.15, 0.2) is 0 Å². The Hall–Kier alpha value is -0.123. The molecule has 0 amide bonds. The van der Waals surface area contributed by atoms with Crippen LogP contribution < -0.4 is 0 Å². The summed E-state index contributed by atoms with van der Waals surface area (Å²) in [5.74, 6) is 0. The molecule has 1 aliphatic rings. The summed E-state index contributed by atoms with van der Waals surface area (Å²) < 4.78 is 2.60. The molecule has 0 spiro atoms. The molecular formula is C8H18N2Si. The molecule has 1 rings (SSSR count). The van der Waals surface area contributed by atoms with Gasteiger partial charge in [0.1, 0.15) is 8.96 Å². The average Bonchev–Trinajstić information content (AvgIpc) is 2.05. The smallest absolute Gasteiger partial charge is 0.132 e. The van der Waals surface area contributed by atoms with Crippen molar-refractivity contribution < 1.29 is 0 Å². The quantitative estimate of drug-likeness (QED) is 0.551. The van der Waals surface area contributed by atoms with E-state index in [1.807, 2.05) is 0 Å².